The summed E-state index contributed by atoms with van der Waals surface area (Å²) in [6.07, 6.45) is 0. The maximum Gasteiger partial charge on any atom is 0.272 e. The molecular weight excluding hydrogens is 288 g/mol. The van der Waals surface area contributed by atoms with E-state index in [0.29, 0.717) is 11.1 Å². The van der Waals surface area contributed by atoms with Crippen molar-refractivity contribution in [1.29, 1.82) is 0 Å². The molecule has 0 unspecified atom stereocenters. The van der Waals surface area contributed by atoms with Gasteiger partial charge in [0.2, 0.25) is 5.91 Å². The molecule has 3 N–H and O–H groups in total. The molecule has 0 bridgehead atoms. The molecule has 0 atom stereocenters. The Morgan fingerprint density at radius 1 is 1.50 bits per heavy atom. The van der Waals surface area contributed by atoms with Crippen LogP contribution in [-0.2, 0) is 16.2 Å². The van der Waals surface area contributed by atoms with Crippen LogP contribution in [0.5, 0.6) is 0 Å². The molecule has 22 heavy (non-hydrogen) atoms. The van der Waals surface area contributed by atoms with Gasteiger partial charge in [0.1, 0.15) is 6.61 Å². The molecule has 8 heteroatoms. The van der Waals surface area contributed by atoms with E-state index in [1.54, 1.807) is 32.9 Å². The fraction of sp³-hybridized carbons (Fsp3) is 0.429. The number of nitro benzene ring substituents is 1. The molecule has 0 radical (unpaired) electrons. The molecule has 0 aliphatic rings. The summed E-state index contributed by atoms with van der Waals surface area (Å²) < 4.78 is 0. The van der Waals surface area contributed by atoms with Gasteiger partial charge in [0.15, 0.2) is 5.84 Å². The molecule has 0 heterocycles. The second kappa shape index (κ2) is 6.88. The lowest BCUT2D eigenvalue weighted by atomic mass is 10.0. The largest absolute Gasteiger partial charge is 0.389 e. The van der Waals surface area contributed by atoms with E-state index in [1.807, 2.05) is 0 Å². The zero-order chi connectivity index (χ0) is 16.9. The molecule has 120 valence electrons. The van der Waals surface area contributed by atoms with Gasteiger partial charge in [-0.25, -0.2) is 0 Å². The lowest BCUT2D eigenvalue weighted by Gasteiger charge is -2.24. The average molecular weight is 308 g/mol. The third-order valence-electron chi connectivity index (χ3n) is 3.13. The van der Waals surface area contributed by atoms with Gasteiger partial charge < -0.3 is 15.9 Å². The molecule has 1 aromatic rings. The molecule has 0 aliphatic heterocycles. The highest BCUT2D eigenvalue weighted by atomic mass is 16.6. The minimum atomic E-state index is -0.844. The minimum Gasteiger partial charge on any atom is -0.389 e. The van der Waals surface area contributed by atoms with Crippen LogP contribution >= 0.6 is 0 Å². The van der Waals surface area contributed by atoms with Crippen molar-refractivity contribution in [3.8, 4) is 0 Å². The SMILES string of the molecule is CC(=O)NC(C)(C)/C(N)=N/OCc1cccc([N+](=O)[O-])c1C. The van der Waals surface area contributed by atoms with Crippen LogP contribution in [0.1, 0.15) is 31.9 Å². The van der Waals surface area contributed by atoms with Gasteiger partial charge in [-0.3, -0.25) is 14.9 Å². The Morgan fingerprint density at radius 3 is 2.68 bits per heavy atom. The summed E-state index contributed by atoms with van der Waals surface area (Å²) in [4.78, 5) is 26.7. The number of amidine groups is 1. The van der Waals surface area contributed by atoms with Crippen LogP contribution < -0.4 is 11.1 Å². The molecule has 0 aromatic heterocycles. The van der Waals surface area contributed by atoms with Crippen molar-refractivity contribution in [3.63, 3.8) is 0 Å². The topological polar surface area (TPSA) is 120 Å². The Labute approximate surface area is 128 Å². The molecule has 0 saturated heterocycles. The van der Waals surface area contributed by atoms with Crippen LogP contribution in [0, 0.1) is 17.0 Å². The summed E-state index contributed by atoms with van der Waals surface area (Å²) in [5.74, 6) is -0.136. The van der Waals surface area contributed by atoms with Crippen molar-refractivity contribution >= 4 is 17.4 Å². The first-order valence-corrected chi connectivity index (χ1v) is 6.62. The van der Waals surface area contributed by atoms with Crippen molar-refractivity contribution in [3.05, 3.63) is 39.4 Å². The normalized spacial score (nSPS) is 11.9. The Morgan fingerprint density at radius 2 is 2.14 bits per heavy atom. The number of nitrogens with one attached hydrogen (secondary N) is 1. The first-order valence-electron chi connectivity index (χ1n) is 6.62. The minimum absolute atomic E-state index is 0.0247. The summed E-state index contributed by atoms with van der Waals surface area (Å²) in [6, 6.07) is 4.72. The molecule has 1 amide bonds. The van der Waals surface area contributed by atoms with E-state index >= 15 is 0 Å². The number of nitrogens with two attached hydrogens (primary N) is 1. The second-order valence-electron chi connectivity index (χ2n) is 5.37. The molecule has 0 spiro atoms. The van der Waals surface area contributed by atoms with Crippen LogP contribution in [-0.4, -0.2) is 22.2 Å². The Balaban J connectivity index is 2.79. The predicted octanol–water partition coefficient (Wildman–Crippen LogP) is 1.61. The van der Waals surface area contributed by atoms with Gasteiger partial charge in [0.25, 0.3) is 5.69 Å². The van der Waals surface area contributed by atoms with E-state index < -0.39 is 10.5 Å². The summed E-state index contributed by atoms with van der Waals surface area (Å²) >= 11 is 0. The Hall–Kier alpha value is -2.64. The third-order valence-corrected chi connectivity index (χ3v) is 3.13. The number of rotatable bonds is 6. The Bertz CT molecular complexity index is 611. The second-order valence-corrected chi connectivity index (χ2v) is 5.37. The third kappa shape index (κ3) is 4.44. The molecule has 1 rings (SSSR count). The number of benzene rings is 1. The van der Waals surface area contributed by atoms with Crippen molar-refractivity contribution in [2.24, 2.45) is 10.9 Å². The van der Waals surface area contributed by atoms with Gasteiger partial charge in [0, 0.05) is 24.1 Å². The van der Waals surface area contributed by atoms with Gasteiger partial charge in [-0.1, -0.05) is 17.3 Å². The highest BCUT2D eigenvalue weighted by Gasteiger charge is 2.24. The van der Waals surface area contributed by atoms with Crippen molar-refractivity contribution in [2.45, 2.75) is 39.8 Å². The number of carbonyl (C=O) groups excluding carboxylic acids is 1. The molecule has 0 aliphatic carbocycles. The van der Waals surface area contributed by atoms with Crippen LogP contribution in [0.15, 0.2) is 23.4 Å². The number of hydrogen-bond acceptors (Lipinski definition) is 5. The first-order chi connectivity index (χ1) is 10.1. The number of nitro groups is 1. The number of oxime groups is 1. The standard InChI is InChI=1S/C14H20N4O4/c1-9-11(6-5-7-12(9)18(20)21)8-22-17-13(15)14(3,4)16-10(2)19/h5-7H,8H2,1-4H3,(H2,15,17)(H,16,19). The monoisotopic (exact) mass is 308 g/mol. The lowest BCUT2D eigenvalue weighted by molar-refractivity contribution is -0.385. The zero-order valence-electron chi connectivity index (χ0n) is 13.0. The maximum atomic E-state index is 11.1. The highest BCUT2D eigenvalue weighted by Crippen LogP contribution is 2.21. The van der Waals surface area contributed by atoms with Crippen LogP contribution in [0.4, 0.5) is 5.69 Å². The molecule has 8 nitrogen and oxygen atoms in total. The van der Waals surface area contributed by atoms with Gasteiger partial charge >= 0.3 is 0 Å². The fourth-order valence-corrected chi connectivity index (χ4v) is 1.81. The maximum absolute atomic E-state index is 11.1. The summed E-state index contributed by atoms with van der Waals surface area (Å²) in [5.41, 5.74) is 6.12. The summed E-state index contributed by atoms with van der Waals surface area (Å²) in [5, 5.41) is 17.3. The van der Waals surface area contributed by atoms with Crippen LogP contribution in [0.25, 0.3) is 0 Å². The van der Waals surface area contributed by atoms with Crippen molar-refractivity contribution < 1.29 is 14.6 Å². The van der Waals surface area contributed by atoms with Crippen molar-refractivity contribution in [2.75, 3.05) is 0 Å². The highest BCUT2D eigenvalue weighted by molar-refractivity contribution is 5.92. The zero-order valence-corrected chi connectivity index (χ0v) is 13.0. The van der Waals surface area contributed by atoms with Crippen molar-refractivity contribution in [1.82, 2.24) is 5.32 Å². The fourth-order valence-electron chi connectivity index (χ4n) is 1.81. The van der Waals surface area contributed by atoms with E-state index in [-0.39, 0.29) is 24.0 Å². The Kier molecular flexibility index (Phi) is 5.44. The summed E-state index contributed by atoms with van der Waals surface area (Å²) in [6.45, 7) is 6.45. The molecule has 1 aromatic carbocycles. The quantitative estimate of drug-likeness (QED) is 0.358. The number of hydrogen-bond donors (Lipinski definition) is 2. The smallest absolute Gasteiger partial charge is 0.272 e. The average Bonchev–Trinajstić information content (AvgIpc) is 2.38. The van der Waals surface area contributed by atoms with Crippen LogP contribution in [0.2, 0.25) is 0 Å². The lowest BCUT2D eigenvalue weighted by Crippen LogP contribution is -2.52. The number of carbonyl (C=O) groups is 1. The molecular formula is C14H20N4O4. The first kappa shape index (κ1) is 17.4. The van der Waals surface area contributed by atoms with Gasteiger partial charge in [-0.2, -0.15) is 0 Å². The van der Waals surface area contributed by atoms with Crippen LogP contribution in [0.3, 0.4) is 0 Å². The van der Waals surface area contributed by atoms with E-state index in [2.05, 4.69) is 10.5 Å². The predicted molar refractivity (Wildman–Crippen MR) is 82.1 cm³/mol. The van der Waals surface area contributed by atoms with Gasteiger partial charge in [0.05, 0.1) is 10.5 Å². The van der Waals surface area contributed by atoms with E-state index in [4.69, 9.17) is 10.6 Å². The van der Waals surface area contributed by atoms with E-state index in [0.717, 1.165) is 0 Å². The summed E-state index contributed by atoms with van der Waals surface area (Å²) in [7, 11) is 0. The van der Waals surface area contributed by atoms with Gasteiger partial charge in [-0.15, -0.1) is 0 Å². The van der Waals surface area contributed by atoms with Gasteiger partial charge in [-0.05, 0) is 20.8 Å². The number of amides is 1. The molecule has 0 fully saturated rings. The van der Waals surface area contributed by atoms with E-state index in [9.17, 15) is 14.9 Å². The van der Waals surface area contributed by atoms with E-state index in [1.165, 1.54) is 13.0 Å². The number of nitrogens with zero attached hydrogens (tertiary/aromatic N) is 2. The molecule has 0 saturated carbocycles.